The van der Waals surface area contributed by atoms with Crippen LogP contribution in [0.5, 0.6) is 0 Å². The van der Waals surface area contributed by atoms with Crippen molar-refractivity contribution < 1.29 is 13.2 Å². The zero-order chi connectivity index (χ0) is 13.7. The third-order valence-electron chi connectivity index (χ3n) is 2.46. The Hall–Kier alpha value is -2.14. The molecule has 0 heterocycles. The van der Waals surface area contributed by atoms with Gasteiger partial charge in [-0.2, -0.15) is 8.42 Å². The third-order valence-corrected chi connectivity index (χ3v) is 3.73. The molecule has 0 saturated heterocycles. The van der Waals surface area contributed by atoms with E-state index in [1.54, 1.807) is 42.5 Å². The second-order valence-electron chi connectivity index (χ2n) is 3.75. The highest BCUT2D eigenvalue weighted by Crippen LogP contribution is 2.13. The van der Waals surface area contributed by atoms with Gasteiger partial charge in [-0.15, -0.1) is 4.40 Å². The molecule has 98 valence electrons. The number of rotatable bonds is 3. The molecule has 0 fully saturated rings. The number of methoxy groups -OCH3 is 1. The van der Waals surface area contributed by atoms with Crippen molar-refractivity contribution in [1.29, 1.82) is 0 Å². The zero-order valence-electron chi connectivity index (χ0n) is 10.4. The number of ether oxygens (including phenoxy) is 1. The molecule has 0 unspecified atom stereocenters. The van der Waals surface area contributed by atoms with Gasteiger partial charge in [-0.05, 0) is 24.3 Å². The maximum Gasteiger partial charge on any atom is 0.285 e. The zero-order valence-corrected chi connectivity index (χ0v) is 11.2. The summed E-state index contributed by atoms with van der Waals surface area (Å²) in [6, 6.07) is 16.9. The van der Waals surface area contributed by atoms with E-state index in [2.05, 4.69) is 4.40 Å². The van der Waals surface area contributed by atoms with Gasteiger partial charge in [0.25, 0.3) is 10.0 Å². The highest BCUT2D eigenvalue weighted by Gasteiger charge is 2.15. The summed E-state index contributed by atoms with van der Waals surface area (Å²) in [6.45, 7) is 0. The first kappa shape index (κ1) is 13.3. The Morgan fingerprint density at radius 1 is 0.947 bits per heavy atom. The summed E-state index contributed by atoms with van der Waals surface area (Å²) in [4.78, 5) is 0.139. The Balaban J connectivity index is 2.44. The van der Waals surface area contributed by atoms with Crippen molar-refractivity contribution in [2.45, 2.75) is 4.90 Å². The Morgan fingerprint density at radius 3 is 2.00 bits per heavy atom. The maximum atomic E-state index is 12.1. The summed E-state index contributed by atoms with van der Waals surface area (Å²) in [6.07, 6.45) is 0. The molecule has 4 nitrogen and oxygen atoms in total. The van der Waals surface area contributed by atoms with Crippen LogP contribution in [0.25, 0.3) is 0 Å². The van der Waals surface area contributed by atoms with Gasteiger partial charge in [0, 0.05) is 5.56 Å². The normalized spacial score (nSPS) is 12.2. The van der Waals surface area contributed by atoms with Gasteiger partial charge in [-0.1, -0.05) is 36.4 Å². The van der Waals surface area contributed by atoms with Gasteiger partial charge in [0.15, 0.2) is 0 Å². The van der Waals surface area contributed by atoms with Gasteiger partial charge in [0.05, 0.1) is 12.0 Å². The quantitative estimate of drug-likeness (QED) is 0.638. The molecule has 0 spiro atoms. The molecular formula is C14H13NO3S. The molecule has 2 aromatic carbocycles. The Labute approximate surface area is 112 Å². The van der Waals surface area contributed by atoms with E-state index in [0.29, 0.717) is 5.56 Å². The minimum Gasteiger partial charge on any atom is -0.480 e. The Bertz CT molecular complexity index is 664. The molecule has 5 heteroatoms. The van der Waals surface area contributed by atoms with Gasteiger partial charge < -0.3 is 4.74 Å². The average molecular weight is 275 g/mol. The number of nitrogens with zero attached hydrogens (tertiary/aromatic N) is 1. The smallest absolute Gasteiger partial charge is 0.285 e. The SMILES string of the molecule is CO/C(=N\S(=O)(=O)c1ccccc1)c1ccccc1. The number of hydrogen-bond donors (Lipinski definition) is 0. The van der Waals surface area contributed by atoms with Crippen molar-refractivity contribution in [3.63, 3.8) is 0 Å². The number of benzene rings is 2. The predicted molar refractivity (Wildman–Crippen MR) is 73.6 cm³/mol. The van der Waals surface area contributed by atoms with Crippen LogP contribution >= 0.6 is 0 Å². The second kappa shape index (κ2) is 5.67. The van der Waals surface area contributed by atoms with Crippen LogP contribution in [0.3, 0.4) is 0 Å². The molecule has 0 bridgehead atoms. The minimum absolute atomic E-state index is 0.0736. The monoisotopic (exact) mass is 275 g/mol. The van der Waals surface area contributed by atoms with Gasteiger partial charge in [-0.25, -0.2) is 0 Å². The van der Waals surface area contributed by atoms with Crippen LogP contribution in [0.4, 0.5) is 0 Å². The summed E-state index contributed by atoms with van der Waals surface area (Å²) < 4.78 is 33.0. The van der Waals surface area contributed by atoms with E-state index >= 15 is 0 Å². The first-order valence-corrected chi connectivity index (χ1v) is 7.07. The van der Waals surface area contributed by atoms with Gasteiger partial charge in [0.1, 0.15) is 0 Å². The first-order valence-electron chi connectivity index (χ1n) is 5.63. The molecule has 2 rings (SSSR count). The average Bonchev–Trinajstić information content (AvgIpc) is 2.47. The number of hydrogen-bond acceptors (Lipinski definition) is 3. The minimum atomic E-state index is -3.76. The van der Waals surface area contributed by atoms with E-state index in [-0.39, 0.29) is 10.8 Å². The van der Waals surface area contributed by atoms with Gasteiger partial charge in [0.2, 0.25) is 5.90 Å². The molecule has 0 aliphatic heterocycles. The lowest BCUT2D eigenvalue weighted by Crippen LogP contribution is -2.08. The summed E-state index contributed by atoms with van der Waals surface area (Å²) in [5.41, 5.74) is 0.615. The lowest BCUT2D eigenvalue weighted by Gasteiger charge is -2.05. The van der Waals surface area contributed by atoms with E-state index in [1.165, 1.54) is 19.2 Å². The maximum absolute atomic E-state index is 12.1. The van der Waals surface area contributed by atoms with Crippen LogP contribution < -0.4 is 0 Å². The summed E-state index contributed by atoms with van der Waals surface area (Å²) in [5, 5.41) is 0. The van der Waals surface area contributed by atoms with E-state index in [9.17, 15) is 8.42 Å². The van der Waals surface area contributed by atoms with Crippen LogP contribution in [0.1, 0.15) is 5.56 Å². The van der Waals surface area contributed by atoms with Crippen molar-refractivity contribution in [1.82, 2.24) is 0 Å². The van der Waals surface area contributed by atoms with Crippen molar-refractivity contribution in [2.24, 2.45) is 4.40 Å². The third kappa shape index (κ3) is 3.20. The van der Waals surface area contributed by atoms with Gasteiger partial charge in [-0.3, -0.25) is 0 Å². The van der Waals surface area contributed by atoms with Gasteiger partial charge >= 0.3 is 0 Å². The molecular weight excluding hydrogens is 262 g/mol. The van der Waals surface area contributed by atoms with Crippen molar-refractivity contribution in [3.8, 4) is 0 Å². The van der Waals surface area contributed by atoms with Crippen molar-refractivity contribution in [3.05, 3.63) is 66.2 Å². The summed E-state index contributed by atoms with van der Waals surface area (Å²) in [5.74, 6) is 0.0736. The molecule has 0 aromatic heterocycles. The predicted octanol–water partition coefficient (Wildman–Crippen LogP) is 2.47. The van der Waals surface area contributed by atoms with E-state index < -0.39 is 10.0 Å². The topological polar surface area (TPSA) is 55.7 Å². The Kier molecular flexibility index (Phi) is 3.97. The first-order chi connectivity index (χ1) is 9.13. The molecule has 0 saturated carbocycles. The number of sulfonamides is 1. The van der Waals surface area contributed by atoms with Crippen LogP contribution in [-0.4, -0.2) is 21.4 Å². The van der Waals surface area contributed by atoms with Crippen LogP contribution in [0.2, 0.25) is 0 Å². The summed E-state index contributed by atoms with van der Waals surface area (Å²) in [7, 11) is -2.36. The van der Waals surface area contributed by atoms with Crippen LogP contribution in [-0.2, 0) is 14.8 Å². The lowest BCUT2D eigenvalue weighted by molar-refractivity contribution is 0.405. The highest BCUT2D eigenvalue weighted by molar-refractivity contribution is 7.90. The molecule has 0 atom stereocenters. The van der Waals surface area contributed by atoms with E-state index in [0.717, 1.165) is 0 Å². The standard InChI is InChI=1S/C14H13NO3S/c1-18-14(12-8-4-2-5-9-12)15-19(16,17)13-10-6-3-7-11-13/h2-11H,1H3/b15-14-. The highest BCUT2D eigenvalue weighted by atomic mass is 32.2. The van der Waals surface area contributed by atoms with Crippen molar-refractivity contribution >= 4 is 15.9 Å². The molecule has 0 aliphatic rings. The molecule has 0 radical (unpaired) electrons. The fraction of sp³-hybridized carbons (Fsp3) is 0.0714. The second-order valence-corrected chi connectivity index (χ2v) is 5.36. The van der Waals surface area contributed by atoms with Crippen LogP contribution in [0, 0.1) is 0 Å². The molecule has 0 aliphatic carbocycles. The van der Waals surface area contributed by atoms with Crippen molar-refractivity contribution in [2.75, 3.05) is 7.11 Å². The molecule has 19 heavy (non-hydrogen) atoms. The fourth-order valence-corrected chi connectivity index (χ4v) is 2.55. The lowest BCUT2D eigenvalue weighted by atomic mass is 10.2. The largest absolute Gasteiger partial charge is 0.480 e. The molecule has 0 N–H and O–H groups in total. The molecule has 0 amide bonds. The summed E-state index contributed by atoms with van der Waals surface area (Å²) >= 11 is 0. The van der Waals surface area contributed by atoms with E-state index in [4.69, 9.17) is 4.74 Å². The Morgan fingerprint density at radius 2 is 1.47 bits per heavy atom. The van der Waals surface area contributed by atoms with E-state index in [1.807, 2.05) is 6.07 Å². The molecule has 2 aromatic rings. The van der Waals surface area contributed by atoms with Crippen LogP contribution in [0.15, 0.2) is 70.0 Å². The fourth-order valence-electron chi connectivity index (χ4n) is 1.54.